The fraction of sp³-hybridized carbons (Fsp3) is 0.929. The predicted octanol–water partition coefficient (Wildman–Crippen LogP) is 1.42. The van der Waals surface area contributed by atoms with Gasteiger partial charge >= 0.3 is 24.0 Å². The lowest BCUT2D eigenvalue weighted by molar-refractivity contribution is -0.144. The van der Waals surface area contributed by atoms with Crippen LogP contribution in [0, 0.1) is 0 Å². The molecule has 1 aliphatic rings. The predicted molar refractivity (Wildman–Crippen MR) is 90.2 cm³/mol. The summed E-state index contributed by atoms with van der Waals surface area (Å²) in [7, 11) is 3.16. The Bertz CT molecular complexity index is 352. The zero-order chi connectivity index (χ0) is 17.3. The second-order valence-electron chi connectivity index (χ2n) is 5.60. The molecule has 1 saturated heterocycles. The molecule has 0 aromatic rings. The fourth-order valence-electron chi connectivity index (χ4n) is 2.90. The quantitative estimate of drug-likeness (QED) is 0.406. The third-order valence-electron chi connectivity index (χ3n) is 4.24. The summed E-state index contributed by atoms with van der Waals surface area (Å²) in [6.07, 6.45) is 2.17. The van der Waals surface area contributed by atoms with E-state index in [-0.39, 0.29) is 11.5 Å². The lowest BCUT2D eigenvalue weighted by Gasteiger charge is -2.31. The SMILES string of the molecule is CO[Si](OC)C(C)CCOC(=O)CCN1CCC[Si]1(OC)OC. The minimum absolute atomic E-state index is 0.178. The molecule has 1 fully saturated rings. The average Bonchev–Trinajstić information content (AvgIpc) is 2.97. The van der Waals surface area contributed by atoms with Crippen LogP contribution in [0.25, 0.3) is 0 Å². The van der Waals surface area contributed by atoms with E-state index in [2.05, 4.69) is 11.5 Å². The first-order chi connectivity index (χ1) is 11.0. The minimum Gasteiger partial charge on any atom is -0.466 e. The maximum atomic E-state index is 11.9. The molecule has 0 aromatic heterocycles. The molecule has 0 saturated carbocycles. The second kappa shape index (κ2) is 10.5. The van der Waals surface area contributed by atoms with Gasteiger partial charge in [-0.3, -0.25) is 9.36 Å². The van der Waals surface area contributed by atoms with Gasteiger partial charge in [0.1, 0.15) is 0 Å². The Kier molecular flexibility index (Phi) is 9.51. The van der Waals surface area contributed by atoms with Gasteiger partial charge in [-0.2, -0.15) is 0 Å². The Morgan fingerprint density at radius 2 is 1.87 bits per heavy atom. The van der Waals surface area contributed by atoms with Crippen LogP contribution in [0.1, 0.15) is 26.2 Å². The van der Waals surface area contributed by atoms with Crippen molar-refractivity contribution in [2.24, 2.45) is 0 Å². The van der Waals surface area contributed by atoms with E-state index < -0.39 is 18.0 Å². The molecule has 0 aromatic carbocycles. The van der Waals surface area contributed by atoms with Crippen molar-refractivity contribution in [2.75, 3.05) is 48.1 Å². The van der Waals surface area contributed by atoms with Gasteiger partial charge in [-0.1, -0.05) is 6.92 Å². The number of hydrogen-bond donors (Lipinski definition) is 0. The molecule has 7 nitrogen and oxygen atoms in total. The van der Waals surface area contributed by atoms with Crippen molar-refractivity contribution >= 4 is 24.0 Å². The summed E-state index contributed by atoms with van der Waals surface area (Å²) in [5.74, 6) is -0.178. The van der Waals surface area contributed by atoms with Crippen molar-refractivity contribution in [3.05, 3.63) is 0 Å². The first-order valence-electron chi connectivity index (χ1n) is 7.98. The van der Waals surface area contributed by atoms with E-state index in [9.17, 15) is 4.79 Å². The molecule has 1 heterocycles. The maximum Gasteiger partial charge on any atom is 0.427 e. The highest BCUT2D eigenvalue weighted by molar-refractivity contribution is 6.65. The number of carbonyl (C=O) groups is 1. The molecule has 0 bridgehead atoms. The van der Waals surface area contributed by atoms with E-state index in [1.807, 2.05) is 0 Å². The van der Waals surface area contributed by atoms with Crippen LogP contribution in [0.5, 0.6) is 0 Å². The fourth-order valence-corrected chi connectivity index (χ4v) is 7.19. The highest BCUT2D eigenvalue weighted by Gasteiger charge is 2.47. The number of hydrogen-bond acceptors (Lipinski definition) is 7. The Morgan fingerprint density at radius 1 is 1.22 bits per heavy atom. The third-order valence-corrected chi connectivity index (χ3v) is 9.82. The van der Waals surface area contributed by atoms with Crippen LogP contribution in [-0.4, -0.2) is 76.7 Å². The topological polar surface area (TPSA) is 66.5 Å². The molecule has 0 amide bonds. The average molecular weight is 365 g/mol. The Morgan fingerprint density at radius 3 is 2.43 bits per heavy atom. The van der Waals surface area contributed by atoms with Crippen LogP contribution in [0.2, 0.25) is 11.6 Å². The van der Waals surface area contributed by atoms with E-state index >= 15 is 0 Å². The number of carbonyl (C=O) groups excluding carboxylic acids is 1. The van der Waals surface area contributed by atoms with Crippen molar-refractivity contribution in [2.45, 2.75) is 37.8 Å². The van der Waals surface area contributed by atoms with E-state index in [0.29, 0.717) is 19.6 Å². The Labute approximate surface area is 142 Å². The van der Waals surface area contributed by atoms with Crippen LogP contribution in [0.15, 0.2) is 0 Å². The van der Waals surface area contributed by atoms with Gasteiger partial charge in [0, 0.05) is 46.6 Å². The van der Waals surface area contributed by atoms with Gasteiger partial charge in [0.15, 0.2) is 0 Å². The molecule has 135 valence electrons. The molecule has 23 heavy (non-hydrogen) atoms. The van der Waals surface area contributed by atoms with Gasteiger partial charge in [0.25, 0.3) is 0 Å². The van der Waals surface area contributed by atoms with Crippen molar-refractivity contribution in [3.8, 4) is 0 Å². The number of rotatable bonds is 11. The van der Waals surface area contributed by atoms with Crippen LogP contribution >= 0.6 is 0 Å². The number of ether oxygens (including phenoxy) is 1. The molecule has 0 aliphatic carbocycles. The van der Waals surface area contributed by atoms with Gasteiger partial charge in [-0.25, -0.2) is 0 Å². The van der Waals surface area contributed by atoms with Crippen molar-refractivity contribution < 1.29 is 27.2 Å². The summed E-state index contributed by atoms with van der Waals surface area (Å²) in [6, 6.07) is 0.950. The molecule has 1 atom stereocenters. The summed E-state index contributed by atoms with van der Waals surface area (Å²) < 4.78 is 29.3. The molecule has 0 spiro atoms. The summed E-state index contributed by atoms with van der Waals surface area (Å²) in [4.78, 5) is 11.9. The largest absolute Gasteiger partial charge is 0.466 e. The van der Waals surface area contributed by atoms with Crippen LogP contribution in [0.4, 0.5) is 0 Å². The van der Waals surface area contributed by atoms with Crippen molar-refractivity contribution in [3.63, 3.8) is 0 Å². The molecule has 1 unspecified atom stereocenters. The Hall–Kier alpha value is -0.296. The van der Waals surface area contributed by atoms with E-state index in [0.717, 1.165) is 25.4 Å². The molecule has 1 rings (SSSR count). The summed E-state index contributed by atoms with van der Waals surface area (Å²) in [5, 5.41) is 0. The lowest BCUT2D eigenvalue weighted by atomic mass is 10.3. The van der Waals surface area contributed by atoms with Crippen molar-refractivity contribution in [1.82, 2.24) is 4.57 Å². The first kappa shape index (κ1) is 20.7. The van der Waals surface area contributed by atoms with Gasteiger partial charge in [-0.15, -0.1) is 0 Å². The van der Waals surface area contributed by atoms with Gasteiger partial charge in [-0.05, 0) is 19.4 Å². The Balaban J connectivity index is 2.27. The standard InChI is InChI=1S/C14H30NO6Si2/c1-13(22(17-2)18-3)8-11-21-14(16)7-10-15-9-6-12-23(15,19-4)20-5/h13H,6-12H2,1-5H3. The van der Waals surface area contributed by atoms with Crippen molar-refractivity contribution in [1.29, 1.82) is 0 Å². The van der Waals surface area contributed by atoms with Crippen LogP contribution in [-0.2, 0) is 27.2 Å². The highest BCUT2D eigenvalue weighted by atomic mass is 28.4. The molecule has 1 aliphatic heterocycles. The molecule has 9 heteroatoms. The summed E-state index contributed by atoms with van der Waals surface area (Å²) >= 11 is 0. The van der Waals surface area contributed by atoms with Crippen LogP contribution < -0.4 is 0 Å². The van der Waals surface area contributed by atoms with E-state index in [1.165, 1.54) is 0 Å². The van der Waals surface area contributed by atoms with Gasteiger partial charge in [0.05, 0.1) is 13.0 Å². The lowest BCUT2D eigenvalue weighted by Crippen LogP contribution is -2.53. The smallest absolute Gasteiger partial charge is 0.427 e. The molecular formula is C14H30NO6Si2. The molecule has 1 radical (unpaired) electrons. The number of esters is 1. The van der Waals surface area contributed by atoms with Gasteiger partial charge in [0.2, 0.25) is 0 Å². The van der Waals surface area contributed by atoms with E-state index in [1.54, 1.807) is 28.4 Å². The van der Waals surface area contributed by atoms with E-state index in [4.69, 9.17) is 22.4 Å². The first-order valence-corrected chi connectivity index (χ1v) is 11.3. The molecular weight excluding hydrogens is 334 g/mol. The normalized spacial score (nSPS) is 19.2. The molecule has 0 N–H and O–H groups in total. The highest BCUT2D eigenvalue weighted by Crippen LogP contribution is 2.27. The monoisotopic (exact) mass is 364 g/mol. The van der Waals surface area contributed by atoms with Crippen LogP contribution in [0.3, 0.4) is 0 Å². The maximum absolute atomic E-state index is 11.9. The van der Waals surface area contributed by atoms with Gasteiger partial charge < -0.3 is 22.4 Å². The third kappa shape index (κ3) is 5.93. The minimum atomic E-state index is -2.25. The zero-order valence-corrected chi connectivity index (χ0v) is 16.9. The number of nitrogens with zero attached hydrogens (tertiary/aromatic N) is 1. The summed E-state index contributed by atoms with van der Waals surface area (Å²) in [6.45, 7) is 4.01. The summed E-state index contributed by atoms with van der Waals surface area (Å²) in [5.41, 5.74) is 0.267. The second-order valence-corrected chi connectivity index (χ2v) is 11.4. The zero-order valence-electron chi connectivity index (χ0n) is 14.9.